The van der Waals surface area contributed by atoms with Gasteiger partial charge in [-0.25, -0.2) is 8.42 Å². The highest BCUT2D eigenvalue weighted by molar-refractivity contribution is 7.90. The molecule has 17 heavy (non-hydrogen) atoms. The van der Waals surface area contributed by atoms with Crippen LogP contribution in [-0.4, -0.2) is 52.0 Å². The van der Waals surface area contributed by atoms with Gasteiger partial charge in [-0.05, 0) is 13.0 Å². The first-order valence-corrected chi connectivity index (χ1v) is 8.01. The first-order chi connectivity index (χ1) is 7.94. The smallest absolute Gasteiger partial charge is 0.147 e. The maximum Gasteiger partial charge on any atom is 0.147 e. The fourth-order valence-corrected chi connectivity index (χ4v) is 2.70. The third kappa shape index (κ3) is 5.14. The highest BCUT2D eigenvalue weighted by Crippen LogP contribution is 2.17. The van der Waals surface area contributed by atoms with E-state index in [0.717, 1.165) is 6.54 Å². The Labute approximate surface area is 103 Å². The van der Waals surface area contributed by atoms with Crippen molar-refractivity contribution in [3.63, 3.8) is 0 Å². The van der Waals surface area contributed by atoms with Crippen LogP contribution in [0.2, 0.25) is 0 Å². The normalized spacial score (nSPS) is 25.1. The largest absolute Gasteiger partial charge is 0.379 e. The Balaban J connectivity index is 2.36. The van der Waals surface area contributed by atoms with Crippen LogP contribution in [0.5, 0.6) is 0 Å². The Hall–Kier alpha value is -0.460. The zero-order chi connectivity index (χ0) is 12.9. The predicted octanol–water partition coefficient (Wildman–Crippen LogP) is 0.00480. The number of Topliss-reactive ketones (excluding diaryl/α,β-unsaturated/α-hetero) is 1. The second-order valence-electron chi connectivity index (χ2n) is 4.51. The molecule has 0 aliphatic carbocycles. The van der Waals surface area contributed by atoms with Crippen molar-refractivity contribution in [3.05, 3.63) is 0 Å². The minimum Gasteiger partial charge on any atom is -0.379 e. The Morgan fingerprint density at radius 3 is 2.71 bits per heavy atom. The molecule has 6 heteroatoms. The predicted molar refractivity (Wildman–Crippen MR) is 65.7 cm³/mol. The highest BCUT2D eigenvalue weighted by Gasteiger charge is 2.32. The Morgan fingerprint density at radius 2 is 2.12 bits per heavy atom. The van der Waals surface area contributed by atoms with Crippen molar-refractivity contribution in [2.75, 3.05) is 31.8 Å². The van der Waals surface area contributed by atoms with Crippen LogP contribution in [0.1, 0.15) is 19.8 Å². The first-order valence-electron chi connectivity index (χ1n) is 5.95. The zero-order valence-electron chi connectivity index (χ0n) is 10.4. The first kappa shape index (κ1) is 14.6. The maximum absolute atomic E-state index is 11.9. The van der Waals surface area contributed by atoms with Crippen molar-refractivity contribution in [2.45, 2.75) is 25.8 Å². The molecule has 0 saturated carbocycles. The lowest BCUT2D eigenvalue weighted by molar-refractivity contribution is -0.123. The SMILES string of the molecule is CCNC1COCC1C(=O)CCCS(C)(=O)=O. The van der Waals surface area contributed by atoms with Gasteiger partial charge in [-0.2, -0.15) is 0 Å². The van der Waals surface area contributed by atoms with Crippen LogP contribution in [-0.2, 0) is 19.4 Å². The molecule has 5 nitrogen and oxygen atoms in total. The van der Waals surface area contributed by atoms with Gasteiger partial charge >= 0.3 is 0 Å². The van der Waals surface area contributed by atoms with Crippen LogP contribution in [0, 0.1) is 5.92 Å². The van der Waals surface area contributed by atoms with Gasteiger partial charge in [0.2, 0.25) is 0 Å². The number of hydrogen-bond donors (Lipinski definition) is 1. The summed E-state index contributed by atoms with van der Waals surface area (Å²) < 4.78 is 27.2. The zero-order valence-corrected chi connectivity index (χ0v) is 11.3. The summed E-state index contributed by atoms with van der Waals surface area (Å²) >= 11 is 0. The van der Waals surface area contributed by atoms with Crippen molar-refractivity contribution in [2.24, 2.45) is 5.92 Å². The van der Waals surface area contributed by atoms with Crippen LogP contribution >= 0.6 is 0 Å². The standard InChI is InChI=1S/C11H21NO4S/c1-3-12-10-8-16-7-9(10)11(13)5-4-6-17(2,14)15/h9-10,12H,3-8H2,1-2H3. The van der Waals surface area contributed by atoms with E-state index < -0.39 is 9.84 Å². The van der Waals surface area contributed by atoms with Gasteiger partial charge in [-0.1, -0.05) is 6.92 Å². The van der Waals surface area contributed by atoms with Crippen LogP contribution in [0.15, 0.2) is 0 Å². The van der Waals surface area contributed by atoms with E-state index in [1.165, 1.54) is 6.26 Å². The van der Waals surface area contributed by atoms with E-state index in [-0.39, 0.29) is 23.5 Å². The van der Waals surface area contributed by atoms with Crippen molar-refractivity contribution in [3.8, 4) is 0 Å². The van der Waals surface area contributed by atoms with Crippen molar-refractivity contribution < 1.29 is 17.9 Å². The number of hydrogen-bond acceptors (Lipinski definition) is 5. The number of nitrogens with one attached hydrogen (secondary N) is 1. The summed E-state index contributed by atoms with van der Waals surface area (Å²) in [6.07, 6.45) is 1.92. The van der Waals surface area contributed by atoms with E-state index in [1.54, 1.807) is 0 Å². The number of ketones is 1. The molecule has 0 radical (unpaired) electrons. The monoisotopic (exact) mass is 263 g/mol. The van der Waals surface area contributed by atoms with E-state index in [0.29, 0.717) is 26.1 Å². The van der Waals surface area contributed by atoms with E-state index >= 15 is 0 Å². The number of likely N-dealkylation sites (N-methyl/N-ethyl adjacent to an activating group) is 1. The van der Waals surface area contributed by atoms with Gasteiger partial charge in [0.15, 0.2) is 0 Å². The number of carbonyl (C=O) groups is 1. The molecule has 0 aromatic carbocycles. The lowest BCUT2D eigenvalue weighted by Crippen LogP contribution is -2.39. The molecule has 2 unspecified atom stereocenters. The minimum atomic E-state index is -2.97. The molecule has 0 aromatic heterocycles. The number of ether oxygens (including phenoxy) is 1. The molecule has 1 fully saturated rings. The molecule has 0 bridgehead atoms. The van der Waals surface area contributed by atoms with E-state index in [9.17, 15) is 13.2 Å². The second-order valence-corrected chi connectivity index (χ2v) is 6.77. The van der Waals surface area contributed by atoms with Gasteiger partial charge in [0.25, 0.3) is 0 Å². The molecule has 1 saturated heterocycles. The summed E-state index contributed by atoms with van der Waals surface area (Å²) in [7, 11) is -2.97. The minimum absolute atomic E-state index is 0.0815. The van der Waals surface area contributed by atoms with E-state index in [2.05, 4.69) is 5.32 Å². The number of rotatable bonds is 7. The molecular formula is C11H21NO4S. The molecule has 1 aliphatic rings. The molecule has 0 amide bonds. The molecule has 100 valence electrons. The molecule has 1 aliphatic heterocycles. The van der Waals surface area contributed by atoms with E-state index in [4.69, 9.17) is 4.74 Å². The molecule has 0 aromatic rings. The maximum atomic E-state index is 11.9. The summed E-state index contributed by atoms with van der Waals surface area (Å²) in [5.74, 6) is 0.0738. The Morgan fingerprint density at radius 1 is 1.41 bits per heavy atom. The molecular weight excluding hydrogens is 242 g/mol. The van der Waals surface area contributed by atoms with Gasteiger partial charge in [-0.15, -0.1) is 0 Å². The van der Waals surface area contributed by atoms with Crippen LogP contribution in [0.25, 0.3) is 0 Å². The van der Waals surface area contributed by atoms with Crippen molar-refractivity contribution in [1.82, 2.24) is 5.32 Å². The fourth-order valence-electron chi connectivity index (χ4n) is 2.03. The average molecular weight is 263 g/mol. The molecule has 1 N–H and O–H groups in total. The summed E-state index contributed by atoms with van der Waals surface area (Å²) in [5.41, 5.74) is 0. The Kier molecular flexibility index (Phi) is 5.55. The van der Waals surface area contributed by atoms with E-state index in [1.807, 2.05) is 6.92 Å². The molecule has 0 spiro atoms. The summed E-state index contributed by atoms with van der Waals surface area (Å²) in [6, 6.07) is 0.0886. The summed E-state index contributed by atoms with van der Waals surface area (Å²) in [5, 5.41) is 3.22. The van der Waals surface area contributed by atoms with Gasteiger partial charge in [0.05, 0.1) is 24.9 Å². The van der Waals surface area contributed by atoms with Crippen molar-refractivity contribution >= 4 is 15.6 Å². The third-order valence-corrected chi connectivity index (χ3v) is 3.93. The van der Waals surface area contributed by atoms with Crippen LogP contribution in [0.4, 0.5) is 0 Å². The van der Waals surface area contributed by atoms with Gasteiger partial charge in [0.1, 0.15) is 15.6 Å². The Bertz CT molecular complexity index is 352. The van der Waals surface area contributed by atoms with Crippen LogP contribution in [0.3, 0.4) is 0 Å². The summed E-state index contributed by atoms with van der Waals surface area (Å²) in [6.45, 7) is 3.82. The third-order valence-electron chi connectivity index (χ3n) is 2.90. The van der Waals surface area contributed by atoms with Crippen LogP contribution < -0.4 is 5.32 Å². The van der Waals surface area contributed by atoms with Crippen molar-refractivity contribution in [1.29, 1.82) is 0 Å². The van der Waals surface area contributed by atoms with Gasteiger partial charge in [-0.3, -0.25) is 4.79 Å². The lowest BCUT2D eigenvalue weighted by atomic mass is 9.95. The number of sulfone groups is 1. The summed E-state index contributed by atoms with van der Waals surface area (Å²) in [4.78, 5) is 11.9. The average Bonchev–Trinajstić information content (AvgIpc) is 2.64. The second kappa shape index (κ2) is 6.47. The quantitative estimate of drug-likeness (QED) is 0.700. The topological polar surface area (TPSA) is 72.5 Å². The number of carbonyl (C=O) groups excluding carboxylic acids is 1. The van der Waals surface area contributed by atoms with Gasteiger partial charge in [0, 0.05) is 18.7 Å². The molecule has 1 heterocycles. The van der Waals surface area contributed by atoms with Gasteiger partial charge < -0.3 is 10.1 Å². The molecule has 1 rings (SSSR count). The molecule has 2 atom stereocenters. The highest BCUT2D eigenvalue weighted by atomic mass is 32.2. The lowest BCUT2D eigenvalue weighted by Gasteiger charge is -2.16. The fraction of sp³-hybridized carbons (Fsp3) is 0.909.